The number of carbonyl (C=O) groups is 3. The fourth-order valence-electron chi connectivity index (χ4n) is 4.30. The molecule has 8 heteroatoms. The van der Waals surface area contributed by atoms with E-state index in [9.17, 15) is 14.4 Å². The lowest BCUT2D eigenvalue weighted by Crippen LogP contribution is -2.48. The number of hydrogen-bond acceptors (Lipinski definition) is 4. The first kappa shape index (κ1) is 27.5. The maximum Gasteiger partial charge on any atom is 0.408 e. The molecule has 0 aromatic heterocycles. The van der Waals surface area contributed by atoms with E-state index in [0.29, 0.717) is 10.7 Å². The Kier molecular flexibility index (Phi) is 8.34. The van der Waals surface area contributed by atoms with Crippen molar-refractivity contribution in [3.63, 3.8) is 0 Å². The molecule has 1 saturated carbocycles. The topological polar surface area (TPSA) is 87.7 Å². The third-order valence-corrected chi connectivity index (χ3v) is 6.53. The SMILES string of the molecule is Cc1ccc(C(C(=O)Nc2c(C)cccc2Cl)N(C(=O)CNC(=O)OC(C)(C)C)C2CC2C)c(C)c1. The molecule has 0 aliphatic heterocycles. The Balaban J connectivity index is 1.97. The zero-order valence-corrected chi connectivity index (χ0v) is 22.8. The van der Waals surface area contributed by atoms with Gasteiger partial charge in [-0.3, -0.25) is 9.59 Å². The van der Waals surface area contributed by atoms with E-state index in [-0.39, 0.29) is 30.3 Å². The average molecular weight is 514 g/mol. The summed E-state index contributed by atoms with van der Waals surface area (Å²) >= 11 is 6.40. The molecule has 0 bridgehead atoms. The summed E-state index contributed by atoms with van der Waals surface area (Å²) in [5.74, 6) is -0.479. The van der Waals surface area contributed by atoms with Crippen molar-refractivity contribution in [1.82, 2.24) is 10.2 Å². The van der Waals surface area contributed by atoms with Crippen molar-refractivity contribution in [2.75, 3.05) is 11.9 Å². The van der Waals surface area contributed by atoms with Gasteiger partial charge in [-0.2, -0.15) is 0 Å². The summed E-state index contributed by atoms with van der Waals surface area (Å²) < 4.78 is 5.28. The Bertz CT molecular complexity index is 1140. The predicted molar refractivity (Wildman–Crippen MR) is 142 cm³/mol. The summed E-state index contributed by atoms with van der Waals surface area (Å²) in [4.78, 5) is 41.3. The van der Waals surface area contributed by atoms with Crippen LogP contribution in [0.15, 0.2) is 36.4 Å². The minimum Gasteiger partial charge on any atom is -0.444 e. The molecule has 0 spiro atoms. The molecular formula is C28H36ClN3O4. The summed E-state index contributed by atoms with van der Waals surface area (Å²) in [6.07, 6.45) is 0.0942. The monoisotopic (exact) mass is 513 g/mol. The smallest absolute Gasteiger partial charge is 0.408 e. The first-order chi connectivity index (χ1) is 16.8. The van der Waals surface area contributed by atoms with Gasteiger partial charge in [0, 0.05) is 6.04 Å². The van der Waals surface area contributed by atoms with E-state index in [2.05, 4.69) is 10.6 Å². The van der Waals surface area contributed by atoms with Crippen molar-refractivity contribution in [3.8, 4) is 0 Å². The largest absolute Gasteiger partial charge is 0.444 e. The van der Waals surface area contributed by atoms with Crippen molar-refractivity contribution < 1.29 is 19.1 Å². The molecule has 0 radical (unpaired) electrons. The van der Waals surface area contributed by atoms with Gasteiger partial charge in [-0.05, 0) is 76.6 Å². The molecule has 0 heterocycles. The number of amides is 3. The number of alkyl carbamates (subject to hydrolysis) is 1. The molecular weight excluding hydrogens is 478 g/mol. The summed E-state index contributed by atoms with van der Waals surface area (Å²) in [6, 6.07) is 10.2. The van der Waals surface area contributed by atoms with Crippen molar-refractivity contribution in [2.24, 2.45) is 5.92 Å². The number of carbonyl (C=O) groups excluding carboxylic acids is 3. The number of anilines is 1. The van der Waals surface area contributed by atoms with Crippen LogP contribution in [0.1, 0.15) is 62.4 Å². The first-order valence-corrected chi connectivity index (χ1v) is 12.6. The van der Waals surface area contributed by atoms with Crippen LogP contribution in [0, 0.1) is 26.7 Å². The summed E-state index contributed by atoms with van der Waals surface area (Å²) in [5.41, 5.74) is 3.33. The summed E-state index contributed by atoms with van der Waals surface area (Å²) in [7, 11) is 0. The maximum absolute atomic E-state index is 13.9. The number of rotatable bonds is 7. The molecule has 36 heavy (non-hydrogen) atoms. The van der Waals surface area contributed by atoms with Gasteiger partial charge in [0.15, 0.2) is 0 Å². The van der Waals surface area contributed by atoms with Crippen LogP contribution in [0.2, 0.25) is 5.02 Å². The third kappa shape index (κ3) is 6.78. The molecule has 1 aliphatic rings. The number of hydrogen-bond donors (Lipinski definition) is 2. The van der Waals surface area contributed by atoms with Crippen LogP contribution in [0.4, 0.5) is 10.5 Å². The second kappa shape index (κ2) is 10.9. The predicted octanol–water partition coefficient (Wildman–Crippen LogP) is 5.71. The molecule has 0 saturated heterocycles. The zero-order chi connectivity index (χ0) is 26.8. The van der Waals surface area contributed by atoms with Crippen LogP contribution in [0.5, 0.6) is 0 Å². The molecule has 3 unspecified atom stereocenters. The Labute approximate surface area is 218 Å². The minimum atomic E-state index is -0.899. The van der Waals surface area contributed by atoms with E-state index in [0.717, 1.165) is 28.7 Å². The van der Waals surface area contributed by atoms with Gasteiger partial charge in [0.2, 0.25) is 5.91 Å². The molecule has 3 rings (SSSR count). The number of aryl methyl sites for hydroxylation is 3. The Hall–Kier alpha value is -3.06. The molecule has 1 aliphatic carbocycles. The van der Waals surface area contributed by atoms with Crippen LogP contribution in [-0.4, -0.2) is 41.0 Å². The third-order valence-electron chi connectivity index (χ3n) is 6.21. The normalized spacial score (nSPS) is 17.7. The molecule has 2 aromatic rings. The highest BCUT2D eigenvalue weighted by atomic mass is 35.5. The number of nitrogens with one attached hydrogen (secondary N) is 2. The van der Waals surface area contributed by atoms with Crippen LogP contribution in [0.25, 0.3) is 0 Å². The fourth-order valence-corrected chi connectivity index (χ4v) is 4.56. The van der Waals surface area contributed by atoms with Crippen molar-refractivity contribution in [3.05, 3.63) is 63.7 Å². The minimum absolute atomic E-state index is 0.123. The van der Waals surface area contributed by atoms with Gasteiger partial charge < -0.3 is 20.3 Å². The van der Waals surface area contributed by atoms with E-state index in [1.165, 1.54) is 0 Å². The average Bonchev–Trinajstić information content (AvgIpc) is 3.48. The van der Waals surface area contributed by atoms with Gasteiger partial charge >= 0.3 is 6.09 Å². The van der Waals surface area contributed by atoms with Crippen molar-refractivity contribution in [1.29, 1.82) is 0 Å². The lowest BCUT2D eigenvalue weighted by molar-refractivity contribution is -0.139. The van der Waals surface area contributed by atoms with Gasteiger partial charge in [0.05, 0.1) is 10.7 Å². The second-order valence-electron chi connectivity index (χ2n) is 10.6. The van der Waals surface area contributed by atoms with Crippen molar-refractivity contribution >= 4 is 35.2 Å². The van der Waals surface area contributed by atoms with E-state index in [1.807, 2.05) is 58.0 Å². The summed E-state index contributed by atoms with van der Waals surface area (Å²) in [5, 5.41) is 5.94. The molecule has 3 amide bonds. The van der Waals surface area contributed by atoms with Crippen LogP contribution < -0.4 is 10.6 Å². The zero-order valence-electron chi connectivity index (χ0n) is 22.1. The molecule has 3 atom stereocenters. The van der Waals surface area contributed by atoms with E-state index in [4.69, 9.17) is 16.3 Å². The Morgan fingerprint density at radius 2 is 1.78 bits per heavy atom. The van der Waals surface area contributed by atoms with Gasteiger partial charge in [-0.1, -0.05) is 54.4 Å². The van der Waals surface area contributed by atoms with Crippen LogP contribution in [0.3, 0.4) is 0 Å². The van der Waals surface area contributed by atoms with Crippen molar-refractivity contribution in [2.45, 2.75) is 72.6 Å². The number of benzene rings is 2. The highest BCUT2D eigenvalue weighted by molar-refractivity contribution is 6.34. The lowest BCUT2D eigenvalue weighted by Gasteiger charge is -2.33. The number of halogens is 1. The quantitative estimate of drug-likeness (QED) is 0.496. The molecule has 2 N–H and O–H groups in total. The number of ether oxygens (including phenoxy) is 1. The van der Waals surface area contributed by atoms with Crippen LogP contribution >= 0.6 is 11.6 Å². The highest BCUT2D eigenvalue weighted by Gasteiger charge is 2.46. The number of para-hydroxylation sites is 1. The van der Waals surface area contributed by atoms with Crippen LogP contribution in [-0.2, 0) is 14.3 Å². The standard InChI is InChI=1S/C28H36ClN3O4/c1-16-11-12-20(18(3)13-16)25(26(34)31-24-17(2)9-8-10-21(24)29)32(22-14-19(22)4)23(33)15-30-27(35)36-28(5,6)7/h8-13,19,22,25H,14-15H2,1-7H3,(H,30,35)(H,31,34). The highest BCUT2D eigenvalue weighted by Crippen LogP contribution is 2.41. The maximum atomic E-state index is 13.9. The first-order valence-electron chi connectivity index (χ1n) is 12.2. The molecule has 7 nitrogen and oxygen atoms in total. The fraction of sp³-hybridized carbons (Fsp3) is 0.464. The molecule has 194 valence electrons. The lowest BCUT2D eigenvalue weighted by atomic mass is 9.96. The Morgan fingerprint density at radius 1 is 1.11 bits per heavy atom. The second-order valence-corrected chi connectivity index (χ2v) is 11.0. The van der Waals surface area contributed by atoms with Gasteiger partial charge in [-0.15, -0.1) is 0 Å². The van der Waals surface area contributed by atoms with Gasteiger partial charge in [-0.25, -0.2) is 4.79 Å². The van der Waals surface area contributed by atoms with E-state index < -0.39 is 17.7 Å². The molecule has 1 fully saturated rings. The molecule has 2 aromatic carbocycles. The number of nitrogens with zero attached hydrogens (tertiary/aromatic N) is 1. The van der Waals surface area contributed by atoms with E-state index in [1.54, 1.807) is 31.7 Å². The van der Waals surface area contributed by atoms with Gasteiger partial charge in [0.25, 0.3) is 5.91 Å². The summed E-state index contributed by atoms with van der Waals surface area (Å²) in [6.45, 7) is 12.8. The van der Waals surface area contributed by atoms with Gasteiger partial charge in [0.1, 0.15) is 18.2 Å². The Morgan fingerprint density at radius 3 is 2.33 bits per heavy atom. The van der Waals surface area contributed by atoms with E-state index >= 15 is 0 Å².